The van der Waals surface area contributed by atoms with Crippen LogP contribution in [0.5, 0.6) is 5.75 Å². The Labute approximate surface area is 258 Å². The molecule has 5 rings (SSSR count). The van der Waals surface area contributed by atoms with E-state index < -0.39 is 24.1 Å². The average molecular weight is 613 g/mol. The van der Waals surface area contributed by atoms with Gasteiger partial charge in [-0.15, -0.1) is 0 Å². The maximum Gasteiger partial charge on any atom is 0.405 e. The van der Waals surface area contributed by atoms with E-state index in [1.807, 2.05) is 25.1 Å². The fraction of sp³-hybridized carbons (Fsp3) is 0.667. The molecule has 0 spiro atoms. The van der Waals surface area contributed by atoms with E-state index in [9.17, 15) is 24.3 Å². The number of benzene rings is 1. The van der Waals surface area contributed by atoms with Crippen LogP contribution in [0.3, 0.4) is 0 Å². The van der Waals surface area contributed by atoms with Crippen molar-refractivity contribution in [3.8, 4) is 5.75 Å². The molecule has 2 aliphatic carbocycles. The minimum atomic E-state index is -1.23. The van der Waals surface area contributed by atoms with Crippen LogP contribution < -0.4 is 15.6 Å². The molecule has 0 bridgehead atoms. The smallest absolute Gasteiger partial charge is 0.405 e. The number of likely N-dealkylation sites (tertiary alicyclic amines) is 1. The molecule has 11 nitrogen and oxygen atoms in total. The molecule has 2 amide bonds. The van der Waals surface area contributed by atoms with Gasteiger partial charge < -0.3 is 30.2 Å². The number of H-pyrrole nitrogens is 1. The van der Waals surface area contributed by atoms with Crippen LogP contribution in [0.15, 0.2) is 23.0 Å². The number of nitrogens with zero attached hydrogens (tertiary/aromatic N) is 2. The van der Waals surface area contributed by atoms with Crippen molar-refractivity contribution in [3.05, 3.63) is 34.2 Å². The van der Waals surface area contributed by atoms with Gasteiger partial charge in [-0.3, -0.25) is 9.59 Å². The van der Waals surface area contributed by atoms with Crippen LogP contribution in [0.2, 0.25) is 0 Å². The van der Waals surface area contributed by atoms with Crippen LogP contribution in [0.4, 0.5) is 4.79 Å². The zero-order valence-corrected chi connectivity index (χ0v) is 26.1. The summed E-state index contributed by atoms with van der Waals surface area (Å²) >= 11 is 0. The van der Waals surface area contributed by atoms with Crippen LogP contribution in [0.25, 0.3) is 11.0 Å². The van der Waals surface area contributed by atoms with Gasteiger partial charge in [0, 0.05) is 12.6 Å². The predicted octanol–water partition coefficient (Wildman–Crippen LogP) is 5.36. The molecular weight excluding hydrogens is 564 g/mol. The number of amides is 2. The van der Waals surface area contributed by atoms with E-state index in [1.54, 1.807) is 7.11 Å². The maximum absolute atomic E-state index is 12.9. The Morgan fingerprint density at radius 2 is 1.82 bits per heavy atom. The summed E-state index contributed by atoms with van der Waals surface area (Å²) in [5.41, 5.74) is 2.14. The fourth-order valence-electron chi connectivity index (χ4n) is 6.73. The number of aromatic nitrogens is 2. The molecule has 4 N–H and O–H groups in total. The number of unbranched alkanes of at least 4 members (excludes halogenated alkanes) is 2. The molecule has 44 heavy (non-hydrogen) atoms. The van der Waals surface area contributed by atoms with Gasteiger partial charge in [-0.2, -0.15) is 0 Å². The fourth-order valence-corrected chi connectivity index (χ4v) is 6.73. The first kappa shape index (κ1) is 33.3. The Kier molecular flexibility index (Phi) is 12.0. The summed E-state index contributed by atoms with van der Waals surface area (Å²) in [5.74, 6) is 0.258. The topological polar surface area (TPSA) is 162 Å². The Morgan fingerprint density at radius 1 is 1.07 bits per heavy atom. The number of aromatic amines is 1. The Balaban J connectivity index is 0.000000201. The zero-order valence-electron chi connectivity index (χ0n) is 26.1. The molecule has 2 saturated carbocycles. The van der Waals surface area contributed by atoms with Crippen LogP contribution in [0.1, 0.15) is 96.1 Å². The molecule has 1 aromatic carbocycles. The van der Waals surface area contributed by atoms with Crippen molar-refractivity contribution >= 4 is 29.0 Å². The number of methoxy groups -OCH3 is 1. The minimum Gasteiger partial charge on any atom is -0.497 e. The first-order valence-electron chi connectivity index (χ1n) is 16.3. The van der Waals surface area contributed by atoms with Gasteiger partial charge in [-0.25, -0.2) is 14.6 Å². The number of hydrogen-bond acceptors (Lipinski definition) is 6. The number of carboxylic acid groups (broad SMARTS) is 2. The highest BCUT2D eigenvalue weighted by Crippen LogP contribution is 2.34. The van der Waals surface area contributed by atoms with Gasteiger partial charge in [-0.1, -0.05) is 64.7 Å². The largest absolute Gasteiger partial charge is 0.497 e. The van der Waals surface area contributed by atoms with Crippen LogP contribution >= 0.6 is 0 Å². The summed E-state index contributed by atoms with van der Waals surface area (Å²) in [6.07, 6.45) is 13.3. The molecule has 3 aliphatic rings. The molecule has 3 fully saturated rings. The van der Waals surface area contributed by atoms with E-state index in [1.165, 1.54) is 37.0 Å². The Bertz CT molecular complexity index is 1340. The van der Waals surface area contributed by atoms with Crippen molar-refractivity contribution in [2.75, 3.05) is 13.7 Å². The first-order chi connectivity index (χ1) is 21.2. The van der Waals surface area contributed by atoms with E-state index in [0.717, 1.165) is 67.6 Å². The third kappa shape index (κ3) is 8.95. The number of ether oxygens (including phenoxy) is 1. The average Bonchev–Trinajstić information content (AvgIpc) is 3.74. The van der Waals surface area contributed by atoms with E-state index in [2.05, 4.69) is 15.3 Å². The second-order valence-corrected chi connectivity index (χ2v) is 12.5. The van der Waals surface area contributed by atoms with E-state index in [4.69, 9.17) is 9.84 Å². The summed E-state index contributed by atoms with van der Waals surface area (Å²) in [4.78, 5) is 56.4. The van der Waals surface area contributed by atoms with Gasteiger partial charge in [0.25, 0.3) is 5.56 Å². The summed E-state index contributed by atoms with van der Waals surface area (Å²) in [7, 11) is 1.61. The summed E-state index contributed by atoms with van der Waals surface area (Å²) in [6.45, 7) is 2.31. The summed E-state index contributed by atoms with van der Waals surface area (Å²) in [6, 6.07) is 3.90. The van der Waals surface area contributed by atoms with Crippen molar-refractivity contribution in [1.29, 1.82) is 0 Å². The molecule has 242 valence electrons. The molecule has 11 heteroatoms. The summed E-state index contributed by atoms with van der Waals surface area (Å²) < 4.78 is 5.16. The SMILES string of the molecule is CCC1CCN(C(=O)[C@@H](NC(=O)O)C2CCCCC2)C1C(=O)O.COc1ccc2nc(CCCCCC3CC3)c(=O)[nH]c2c1. The van der Waals surface area contributed by atoms with Gasteiger partial charge in [0.05, 0.1) is 18.1 Å². The van der Waals surface area contributed by atoms with E-state index in [0.29, 0.717) is 25.1 Å². The molecule has 2 unspecified atom stereocenters. The van der Waals surface area contributed by atoms with Gasteiger partial charge >= 0.3 is 12.1 Å². The molecule has 2 aromatic rings. The normalized spacial score (nSPS) is 20.9. The van der Waals surface area contributed by atoms with Crippen molar-refractivity contribution in [3.63, 3.8) is 0 Å². The monoisotopic (exact) mass is 612 g/mol. The highest BCUT2D eigenvalue weighted by molar-refractivity contribution is 5.90. The van der Waals surface area contributed by atoms with E-state index >= 15 is 0 Å². The highest BCUT2D eigenvalue weighted by atomic mass is 16.5. The molecule has 3 atom stereocenters. The third-order valence-corrected chi connectivity index (χ3v) is 9.44. The lowest BCUT2D eigenvalue weighted by Gasteiger charge is -2.34. The quantitative estimate of drug-likeness (QED) is 0.233. The lowest BCUT2D eigenvalue weighted by molar-refractivity contribution is -0.151. The number of hydrogen-bond donors (Lipinski definition) is 4. The third-order valence-electron chi connectivity index (χ3n) is 9.44. The number of nitrogens with one attached hydrogen (secondary N) is 2. The predicted molar refractivity (Wildman–Crippen MR) is 167 cm³/mol. The highest BCUT2D eigenvalue weighted by Gasteiger charge is 2.44. The van der Waals surface area contributed by atoms with Crippen LogP contribution in [-0.2, 0) is 16.0 Å². The van der Waals surface area contributed by atoms with E-state index in [-0.39, 0.29) is 23.3 Å². The van der Waals surface area contributed by atoms with Crippen LogP contribution in [0, 0.1) is 17.8 Å². The van der Waals surface area contributed by atoms with Crippen molar-refractivity contribution in [2.24, 2.45) is 17.8 Å². The molecule has 2 heterocycles. The van der Waals surface area contributed by atoms with Gasteiger partial charge in [0.2, 0.25) is 5.91 Å². The number of aliphatic carboxylic acids is 1. The minimum absolute atomic E-state index is 0.0394. The maximum atomic E-state index is 12.9. The standard InChI is InChI=1S/C17H22N2O2.C16H26N2O5/c1-21-13-9-10-14-16(11-13)19-17(20)15(18-14)6-4-2-3-5-12-7-8-12;1-2-10-8-9-18(13(10)15(20)21)14(19)12(17-16(22)23)11-6-4-3-5-7-11/h9-12H,2-8H2,1H3,(H,19,20);10-13,17H,2-9H2,1H3,(H,20,21)(H,22,23)/t;10?,12-,13?/m.0/s1. The number of carbonyl (C=O) groups excluding carboxylic acids is 1. The Hall–Kier alpha value is -3.63. The first-order valence-corrected chi connectivity index (χ1v) is 16.3. The number of carbonyl (C=O) groups is 3. The molecule has 1 saturated heterocycles. The Morgan fingerprint density at radius 3 is 2.45 bits per heavy atom. The number of carboxylic acids is 1. The molecule has 1 aromatic heterocycles. The second-order valence-electron chi connectivity index (χ2n) is 12.5. The number of fused-ring (bicyclic) bond motifs is 1. The second kappa shape index (κ2) is 15.9. The van der Waals surface area contributed by atoms with Gasteiger partial charge in [0.15, 0.2) is 0 Å². The molecule has 1 aliphatic heterocycles. The zero-order chi connectivity index (χ0) is 31.6. The summed E-state index contributed by atoms with van der Waals surface area (Å²) in [5, 5.41) is 20.9. The van der Waals surface area contributed by atoms with Gasteiger partial charge in [-0.05, 0) is 62.0 Å². The molecular formula is C33H48N4O7. The van der Waals surface area contributed by atoms with Crippen molar-refractivity contribution in [1.82, 2.24) is 20.2 Å². The lowest BCUT2D eigenvalue weighted by atomic mass is 9.83. The van der Waals surface area contributed by atoms with Gasteiger partial charge in [0.1, 0.15) is 23.5 Å². The lowest BCUT2D eigenvalue weighted by Crippen LogP contribution is -2.55. The molecule has 0 radical (unpaired) electrons. The number of rotatable bonds is 12. The van der Waals surface area contributed by atoms with Crippen molar-refractivity contribution in [2.45, 2.75) is 109 Å². The number of aryl methyl sites for hydroxylation is 1. The van der Waals surface area contributed by atoms with Crippen molar-refractivity contribution < 1.29 is 29.3 Å². The van der Waals surface area contributed by atoms with Crippen LogP contribution in [-0.4, -0.2) is 68.8 Å².